The number of halogens is 1. The van der Waals surface area contributed by atoms with Crippen molar-refractivity contribution in [3.8, 4) is 0 Å². The summed E-state index contributed by atoms with van der Waals surface area (Å²) in [6.45, 7) is 8.94. The van der Waals surface area contributed by atoms with Gasteiger partial charge in [-0.3, -0.25) is 4.79 Å². The number of amides is 1. The zero-order chi connectivity index (χ0) is 12.3. The Balaban J connectivity index is 2.86. The third kappa shape index (κ3) is 3.41. The number of carbonyl (C=O) groups is 1. The molecule has 3 nitrogen and oxygen atoms in total. The topological polar surface area (TPSA) is 42.0 Å². The van der Waals surface area contributed by atoms with Crippen LogP contribution >= 0.6 is 11.3 Å². The first-order valence-electron chi connectivity index (χ1n) is 5.02. The van der Waals surface area contributed by atoms with Crippen molar-refractivity contribution in [3.05, 3.63) is 23.1 Å². The van der Waals surface area contributed by atoms with Crippen molar-refractivity contribution in [2.24, 2.45) is 5.92 Å². The van der Waals surface area contributed by atoms with E-state index in [4.69, 9.17) is 0 Å². The Bertz CT molecular complexity index is 412. The number of aromatic nitrogens is 1. The fourth-order valence-electron chi connectivity index (χ4n) is 1.26. The molecule has 1 N–H and O–H groups in total. The summed E-state index contributed by atoms with van der Waals surface area (Å²) >= 11 is 1.35. The van der Waals surface area contributed by atoms with Gasteiger partial charge in [0.15, 0.2) is 5.83 Å². The summed E-state index contributed by atoms with van der Waals surface area (Å²) in [4.78, 5) is 15.5. The molecule has 1 heterocycles. The molecular formula is C11H15FN2OS. The van der Waals surface area contributed by atoms with Crippen LogP contribution in [0.25, 0.3) is 0 Å². The van der Waals surface area contributed by atoms with E-state index in [0.717, 1.165) is 17.1 Å². The van der Waals surface area contributed by atoms with Crippen LogP contribution in [-0.2, 0) is 11.2 Å². The molecule has 0 unspecified atom stereocenters. The molecule has 0 bridgehead atoms. The van der Waals surface area contributed by atoms with Crippen molar-refractivity contribution in [2.75, 3.05) is 5.32 Å². The minimum atomic E-state index is -0.985. The van der Waals surface area contributed by atoms with Crippen LogP contribution in [0.1, 0.15) is 24.5 Å². The molecule has 0 fully saturated rings. The van der Waals surface area contributed by atoms with Crippen molar-refractivity contribution in [2.45, 2.75) is 27.2 Å². The minimum Gasteiger partial charge on any atom is -0.310 e. The van der Waals surface area contributed by atoms with Crippen molar-refractivity contribution in [3.63, 3.8) is 0 Å². The van der Waals surface area contributed by atoms with Gasteiger partial charge in [0, 0.05) is 0 Å². The van der Waals surface area contributed by atoms with Crippen LogP contribution in [-0.4, -0.2) is 10.9 Å². The van der Waals surface area contributed by atoms with Gasteiger partial charge in [-0.1, -0.05) is 20.4 Å². The van der Waals surface area contributed by atoms with Crippen molar-refractivity contribution in [1.82, 2.24) is 4.98 Å². The first-order valence-corrected chi connectivity index (χ1v) is 5.84. The van der Waals surface area contributed by atoms with Crippen LogP contribution in [0.5, 0.6) is 0 Å². The van der Waals surface area contributed by atoms with Crippen LogP contribution < -0.4 is 5.32 Å². The number of nitrogens with zero attached hydrogens (tertiary/aromatic N) is 1. The number of nitrogens with one attached hydrogen (secondary N) is 1. The van der Waals surface area contributed by atoms with Gasteiger partial charge in [0.25, 0.3) is 5.91 Å². The molecule has 0 radical (unpaired) electrons. The maximum absolute atomic E-state index is 12.6. The lowest BCUT2D eigenvalue weighted by atomic mass is 10.1. The Morgan fingerprint density at radius 3 is 2.75 bits per heavy atom. The molecule has 0 atom stereocenters. The van der Waals surface area contributed by atoms with Crippen LogP contribution in [0.4, 0.5) is 9.39 Å². The molecular weight excluding hydrogens is 227 g/mol. The van der Waals surface area contributed by atoms with Gasteiger partial charge >= 0.3 is 0 Å². The van der Waals surface area contributed by atoms with E-state index in [1.54, 1.807) is 0 Å². The number of rotatable bonds is 4. The molecule has 1 rings (SSSR count). The number of hydrogen-bond acceptors (Lipinski definition) is 3. The van der Waals surface area contributed by atoms with E-state index in [0.29, 0.717) is 10.9 Å². The van der Waals surface area contributed by atoms with E-state index in [1.165, 1.54) is 11.3 Å². The first kappa shape index (κ1) is 12.8. The van der Waals surface area contributed by atoms with E-state index < -0.39 is 11.7 Å². The average Bonchev–Trinajstić information content (AvgIpc) is 2.45. The molecule has 0 aliphatic carbocycles. The Labute approximate surface area is 98.4 Å². The largest absolute Gasteiger partial charge is 0.310 e. The lowest BCUT2D eigenvalue weighted by Crippen LogP contribution is -2.12. The molecule has 0 aliphatic rings. The van der Waals surface area contributed by atoms with Crippen molar-refractivity contribution >= 4 is 22.2 Å². The van der Waals surface area contributed by atoms with E-state index in [-0.39, 0.29) is 0 Å². The fourth-order valence-corrected chi connectivity index (χ4v) is 2.11. The average molecular weight is 242 g/mol. The molecule has 0 saturated heterocycles. The number of aryl methyl sites for hydroxylation is 1. The molecule has 1 amide bonds. The Hall–Kier alpha value is -1.23. The SMILES string of the molecule is C=C(F)C(=O)Nc1sc(C)nc1CC(C)C. The molecule has 16 heavy (non-hydrogen) atoms. The molecule has 1 aromatic heterocycles. The number of carbonyl (C=O) groups excluding carboxylic acids is 1. The van der Waals surface area contributed by atoms with E-state index in [1.807, 2.05) is 6.92 Å². The van der Waals surface area contributed by atoms with Crippen LogP contribution in [0.2, 0.25) is 0 Å². The summed E-state index contributed by atoms with van der Waals surface area (Å²) < 4.78 is 12.6. The van der Waals surface area contributed by atoms with Crippen molar-refractivity contribution in [1.29, 1.82) is 0 Å². The molecule has 0 spiro atoms. The summed E-state index contributed by atoms with van der Waals surface area (Å²) in [5.41, 5.74) is 0.812. The molecule has 88 valence electrons. The highest BCUT2D eigenvalue weighted by atomic mass is 32.1. The normalized spacial score (nSPS) is 10.6. The molecule has 0 saturated carbocycles. The maximum Gasteiger partial charge on any atom is 0.284 e. The van der Waals surface area contributed by atoms with Crippen molar-refractivity contribution < 1.29 is 9.18 Å². The van der Waals surface area contributed by atoms with Gasteiger partial charge in [-0.25, -0.2) is 9.37 Å². The first-order chi connectivity index (χ1) is 7.40. The van der Waals surface area contributed by atoms with Gasteiger partial charge in [-0.05, 0) is 19.3 Å². The highest BCUT2D eigenvalue weighted by Gasteiger charge is 2.14. The molecule has 0 aromatic carbocycles. The zero-order valence-corrected chi connectivity index (χ0v) is 10.4. The third-order valence-corrected chi connectivity index (χ3v) is 2.81. The van der Waals surface area contributed by atoms with Crippen LogP contribution in [0.15, 0.2) is 12.4 Å². The van der Waals surface area contributed by atoms with E-state index >= 15 is 0 Å². The molecule has 0 aliphatic heterocycles. The summed E-state index contributed by atoms with van der Waals surface area (Å²) in [5, 5.41) is 3.96. The highest BCUT2D eigenvalue weighted by molar-refractivity contribution is 7.16. The Kier molecular flexibility index (Phi) is 4.18. The quantitative estimate of drug-likeness (QED) is 0.824. The van der Waals surface area contributed by atoms with Gasteiger partial charge in [0.2, 0.25) is 0 Å². The second-order valence-corrected chi connectivity index (χ2v) is 5.17. The second-order valence-electron chi connectivity index (χ2n) is 3.97. The summed E-state index contributed by atoms with van der Waals surface area (Å²) in [5.74, 6) is -1.35. The Morgan fingerprint density at radius 2 is 2.25 bits per heavy atom. The lowest BCUT2D eigenvalue weighted by Gasteiger charge is -2.05. The molecule has 5 heteroatoms. The van der Waals surface area contributed by atoms with E-state index in [2.05, 4.69) is 30.7 Å². The van der Waals surface area contributed by atoms with Crippen LogP contribution in [0, 0.1) is 12.8 Å². The fraction of sp³-hybridized carbons (Fsp3) is 0.455. The highest BCUT2D eigenvalue weighted by Crippen LogP contribution is 2.26. The Morgan fingerprint density at radius 1 is 1.62 bits per heavy atom. The van der Waals surface area contributed by atoms with Gasteiger partial charge in [-0.2, -0.15) is 0 Å². The van der Waals surface area contributed by atoms with Gasteiger partial charge in [0.1, 0.15) is 5.00 Å². The zero-order valence-electron chi connectivity index (χ0n) is 9.63. The lowest BCUT2D eigenvalue weighted by molar-refractivity contribution is -0.114. The third-order valence-electron chi connectivity index (χ3n) is 1.88. The second kappa shape index (κ2) is 5.21. The number of anilines is 1. The van der Waals surface area contributed by atoms with Gasteiger partial charge < -0.3 is 5.32 Å². The van der Waals surface area contributed by atoms with E-state index in [9.17, 15) is 9.18 Å². The predicted octanol–water partition coefficient (Wildman–Crippen LogP) is 3.07. The minimum absolute atomic E-state index is 0.436. The van der Waals surface area contributed by atoms with Gasteiger partial charge in [0.05, 0.1) is 10.7 Å². The predicted molar refractivity (Wildman–Crippen MR) is 64.3 cm³/mol. The smallest absolute Gasteiger partial charge is 0.284 e. The summed E-state index contributed by atoms with van der Waals surface area (Å²) in [6, 6.07) is 0. The van der Waals surface area contributed by atoms with Gasteiger partial charge in [-0.15, -0.1) is 11.3 Å². The summed E-state index contributed by atoms with van der Waals surface area (Å²) in [6.07, 6.45) is 0.763. The molecule has 1 aromatic rings. The maximum atomic E-state index is 12.6. The summed E-state index contributed by atoms with van der Waals surface area (Å²) in [7, 11) is 0. The van der Waals surface area contributed by atoms with Crippen LogP contribution in [0.3, 0.4) is 0 Å². The monoisotopic (exact) mass is 242 g/mol. The number of hydrogen-bond donors (Lipinski definition) is 1. The standard InChI is InChI=1S/C11H15FN2OS/c1-6(2)5-9-11(16-8(4)13-9)14-10(15)7(3)12/h6H,3,5H2,1-2,4H3,(H,14,15). The number of thiazole rings is 1.